The molecule has 0 radical (unpaired) electrons. The summed E-state index contributed by atoms with van der Waals surface area (Å²) >= 11 is 0. The van der Waals surface area contributed by atoms with Gasteiger partial charge in [0.1, 0.15) is 18.6 Å². The van der Waals surface area contributed by atoms with Gasteiger partial charge in [0, 0.05) is 31.6 Å². The van der Waals surface area contributed by atoms with Gasteiger partial charge in [-0.25, -0.2) is 14.2 Å². The van der Waals surface area contributed by atoms with Crippen LogP contribution < -0.4 is 10.4 Å². The van der Waals surface area contributed by atoms with E-state index in [2.05, 4.69) is 20.1 Å². The summed E-state index contributed by atoms with van der Waals surface area (Å²) in [6.07, 6.45) is 4.17. The van der Waals surface area contributed by atoms with E-state index in [0.717, 1.165) is 31.2 Å². The van der Waals surface area contributed by atoms with Crippen molar-refractivity contribution in [3.63, 3.8) is 0 Å². The second kappa shape index (κ2) is 9.52. The molecule has 10 nitrogen and oxygen atoms in total. The van der Waals surface area contributed by atoms with Gasteiger partial charge in [-0.05, 0) is 32.7 Å². The van der Waals surface area contributed by atoms with Crippen LogP contribution in [0.15, 0.2) is 9.32 Å². The number of H-pyrrole nitrogens is 1. The number of imidazole rings is 1. The Morgan fingerprint density at radius 2 is 2.06 bits per heavy atom. The normalized spacial score (nSPS) is 23.4. The zero-order chi connectivity index (χ0) is 24.7. The van der Waals surface area contributed by atoms with Crippen LogP contribution in [0.5, 0.6) is 5.88 Å². The van der Waals surface area contributed by atoms with E-state index in [9.17, 15) is 14.0 Å². The smallest absolute Gasteiger partial charge is 0.327 e. The van der Waals surface area contributed by atoms with Gasteiger partial charge < -0.3 is 9.26 Å². The first-order chi connectivity index (χ1) is 16.9. The number of likely N-dealkylation sites (tertiary alicyclic amines) is 1. The van der Waals surface area contributed by atoms with E-state index < -0.39 is 6.17 Å². The predicted octanol–water partition coefficient (Wildman–Crippen LogP) is 2.91. The van der Waals surface area contributed by atoms with E-state index >= 15 is 0 Å². The Bertz CT molecular complexity index is 1300. The van der Waals surface area contributed by atoms with E-state index in [1.807, 2.05) is 18.9 Å². The summed E-state index contributed by atoms with van der Waals surface area (Å²) in [6, 6.07) is -0.0979. The number of ketones is 1. The molecule has 5 rings (SSSR count). The van der Waals surface area contributed by atoms with Crippen LogP contribution in [0.2, 0.25) is 0 Å². The number of aromatic nitrogens is 5. The van der Waals surface area contributed by atoms with Crippen molar-refractivity contribution < 1.29 is 18.4 Å². The molecule has 0 aromatic carbocycles. The van der Waals surface area contributed by atoms with E-state index in [1.165, 1.54) is 4.57 Å². The number of carbonyl (C=O) groups excluding carboxylic acids is 1. The van der Waals surface area contributed by atoms with Gasteiger partial charge in [0.05, 0.1) is 11.6 Å². The fourth-order valence-electron chi connectivity index (χ4n) is 5.23. The van der Waals surface area contributed by atoms with Gasteiger partial charge in [0.15, 0.2) is 11.2 Å². The number of aromatic amines is 1. The van der Waals surface area contributed by atoms with Crippen LogP contribution in [0.4, 0.5) is 4.39 Å². The summed E-state index contributed by atoms with van der Waals surface area (Å²) in [6.45, 7) is 2.64. The Morgan fingerprint density at radius 1 is 1.23 bits per heavy atom. The minimum atomic E-state index is -0.891. The van der Waals surface area contributed by atoms with Crippen molar-refractivity contribution in [1.29, 1.82) is 0 Å². The molecular formula is C24H31FN6O4. The van der Waals surface area contributed by atoms with Gasteiger partial charge in [-0.2, -0.15) is 4.98 Å². The van der Waals surface area contributed by atoms with Gasteiger partial charge in [-0.1, -0.05) is 24.9 Å². The first-order valence-corrected chi connectivity index (χ1v) is 12.3. The minimum Gasteiger partial charge on any atom is -0.474 e. The molecule has 0 amide bonds. The summed E-state index contributed by atoms with van der Waals surface area (Å²) in [7, 11) is 3.47. The SMILES string of the molecule is CCCc1c(C2CCCCC2=O)noc1-c1nc(OCC2C[C@H](F)CN2C)c2c(n1)[nH]c(=O)n2C. The molecule has 188 valence electrons. The molecule has 1 saturated heterocycles. The Labute approximate surface area is 201 Å². The lowest BCUT2D eigenvalue weighted by Gasteiger charge is -2.19. The minimum absolute atomic E-state index is 0.0979. The number of carbonyl (C=O) groups is 1. The maximum absolute atomic E-state index is 13.8. The molecule has 1 aliphatic heterocycles. The highest BCUT2D eigenvalue weighted by molar-refractivity contribution is 5.86. The zero-order valence-corrected chi connectivity index (χ0v) is 20.3. The first kappa shape index (κ1) is 23.7. The van der Waals surface area contributed by atoms with Crippen molar-refractivity contribution in [2.24, 2.45) is 7.05 Å². The number of nitrogens with zero attached hydrogens (tertiary/aromatic N) is 5. The highest BCUT2D eigenvalue weighted by Gasteiger charge is 2.33. The van der Waals surface area contributed by atoms with Crippen molar-refractivity contribution in [2.75, 3.05) is 20.2 Å². The molecule has 2 unspecified atom stereocenters. The van der Waals surface area contributed by atoms with E-state index in [1.54, 1.807) is 7.05 Å². The lowest BCUT2D eigenvalue weighted by molar-refractivity contribution is -0.122. The number of hydrogen-bond donors (Lipinski definition) is 1. The Hall–Kier alpha value is -3.08. The molecule has 0 bridgehead atoms. The second-order valence-corrected chi connectivity index (χ2v) is 9.67. The van der Waals surface area contributed by atoms with Gasteiger partial charge in [-0.3, -0.25) is 19.2 Å². The van der Waals surface area contributed by atoms with E-state index in [-0.39, 0.29) is 41.7 Å². The number of hydrogen-bond acceptors (Lipinski definition) is 8. The van der Waals surface area contributed by atoms with Crippen LogP contribution in [0.25, 0.3) is 22.7 Å². The first-order valence-electron chi connectivity index (χ1n) is 12.3. The molecule has 2 fully saturated rings. The molecule has 3 aromatic heterocycles. The summed E-state index contributed by atoms with van der Waals surface area (Å²) in [5.74, 6) is 0.760. The molecule has 2 aliphatic rings. The highest BCUT2D eigenvalue weighted by Crippen LogP contribution is 2.36. The van der Waals surface area contributed by atoms with Gasteiger partial charge in [0.25, 0.3) is 0 Å². The lowest BCUT2D eigenvalue weighted by atomic mass is 9.83. The average Bonchev–Trinajstić information content (AvgIpc) is 3.47. The fraction of sp³-hybridized carbons (Fsp3) is 0.625. The quantitative estimate of drug-likeness (QED) is 0.541. The molecular weight excluding hydrogens is 455 g/mol. The maximum atomic E-state index is 13.8. The van der Waals surface area contributed by atoms with Crippen molar-refractivity contribution >= 4 is 16.9 Å². The summed E-state index contributed by atoms with van der Waals surface area (Å²) in [4.78, 5) is 38.8. The third-order valence-electron chi connectivity index (χ3n) is 7.17. The molecule has 35 heavy (non-hydrogen) atoms. The number of fused-ring (bicyclic) bond motifs is 1. The van der Waals surface area contributed by atoms with Crippen molar-refractivity contribution in [1.82, 2.24) is 29.6 Å². The largest absolute Gasteiger partial charge is 0.474 e. The number of alkyl halides is 1. The van der Waals surface area contributed by atoms with E-state index in [4.69, 9.17) is 9.26 Å². The monoisotopic (exact) mass is 486 g/mol. The molecule has 3 atom stereocenters. The second-order valence-electron chi connectivity index (χ2n) is 9.67. The predicted molar refractivity (Wildman–Crippen MR) is 126 cm³/mol. The number of rotatable bonds is 7. The summed E-state index contributed by atoms with van der Waals surface area (Å²) < 4.78 is 27.0. The number of halogens is 1. The Morgan fingerprint density at radius 3 is 2.77 bits per heavy atom. The molecule has 1 saturated carbocycles. The summed E-state index contributed by atoms with van der Waals surface area (Å²) in [5.41, 5.74) is 1.89. The number of ether oxygens (including phenoxy) is 1. The third kappa shape index (κ3) is 4.37. The van der Waals surface area contributed by atoms with Crippen LogP contribution in [0, 0.1) is 0 Å². The van der Waals surface area contributed by atoms with Crippen LogP contribution in [0.1, 0.15) is 62.6 Å². The van der Waals surface area contributed by atoms with Gasteiger partial charge >= 0.3 is 5.69 Å². The standard InChI is InChI=1S/C24H31FN6O4/c1-4-7-16-18(15-8-5-6-9-17(15)32)29-35-20(16)22-26-21-19(31(3)24(33)28-21)23(27-22)34-12-14-10-13(25)11-30(14)2/h13-15H,4-12H2,1-3H3,(H,26,27,28,33)/t13-,14?,15?/m0/s1. The number of likely N-dealkylation sites (N-methyl/N-ethyl adjacent to an activating group) is 1. The van der Waals surface area contributed by atoms with Crippen LogP contribution in [-0.2, 0) is 18.3 Å². The Balaban J connectivity index is 1.55. The molecule has 4 heterocycles. The third-order valence-corrected chi connectivity index (χ3v) is 7.17. The maximum Gasteiger partial charge on any atom is 0.327 e. The highest BCUT2D eigenvalue weighted by atomic mass is 19.1. The summed E-state index contributed by atoms with van der Waals surface area (Å²) in [5, 5.41) is 4.30. The molecule has 1 N–H and O–H groups in total. The topological polar surface area (TPSA) is 119 Å². The molecule has 0 spiro atoms. The Kier molecular flexibility index (Phi) is 6.43. The van der Waals surface area contributed by atoms with E-state index in [0.29, 0.717) is 48.4 Å². The van der Waals surface area contributed by atoms with Crippen LogP contribution in [-0.4, -0.2) is 67.8 Å². The zero-order valence-electron chi connectivity index (χ0n) is 20.3. The van der Waals surface area contributed by atoms with Crippen molar-refractivity contribution in [3.8, 4) is 17.5 Å². The fourth-order valence-corrected chi connectivity index (χ4v) is 5.23. The van der Waals surface area contributed by atoms with Crippen molar-refractivity contribution in [2.45, 2.75) is 70.0 Å². The van der Waals surface area contributed by atoms with Crippen LogP contribution >= 0.6 is 0 Å². The number of nitrogens with one attached hydrogen (secondary N) is 1. The molecule has 11 heteroatoms. The number of aryl methyl sites for hydroxylation is 1. The van der Waals surface area contributed by atoms with Crippen LogP contribution in [0.3, 0.4) is 0 Å². The van der Waals surface area contributed by atoms with Gasteiger partial charge in [-0.15, -0.1) is 0 Å². The average molecular weight is 487 g/mol. The number of Topliss-reactive ketones (excluding diaryl/α,β-unsaturated/α-hetero) is 1. The van der Waals surface area contributed by atoms with Gasteiger partial charge in [0.2, 0.25) is 17.5 Å². The lowest BCUT2D eigenvalue weighted by Crippen LogP contribution is -2.31. The molecule has 3 aromatic rings. The van der Waals surface area contributed by atoms with Crippen molar-refractivity contribution in [3.05, 3.63) is 21.7 Å². The molecule has 1 aliphatic carbocycles.